The lowest BCUT2D eigenvalue weighted by molar-refractivity contribution is 0.0955. The number of hydrogen-bond donors (Lipinski definition) is 1. The number of rotatable bonds is 4. The molecule has 0 unspecified atom stereocenters. The van der Waals surface area contributed by atoms with E-state index in [2.05, 4.69) is 47.6 Å². The topological polar surface area (TPSA) is 59.3 Å². The van der Waals surface area contributed by atoms with Gasteiger partial charge < -0.3 is 4.57 Å². The molecule has 0 spiro atoms. The van der Waals surface area contributed by atoms with Crippen LogP contribution >= 0.6 is 11.6 Å². The maximum absolute atomic E-state index is 12.1. The summed E-state index contributed by atoms with van der Waals surface area (Å²) in [7, 11) is 0. The summed E-state index contributed by atoms with van der Waals surface area (Å²) in [6.45, 7) is 4.13. The van der Waals surface area contributed by atoms with Crippen LogP contribution in [0.5, 0.6) is 0 Å². The number of nitrogens with zero attached hydrogens (tertiary/aromatic N) is 3. The number of aromatic nitrogens is 2. The smallest absolute Gasteiger partial charge is 0.274 e. The summed E-state index contributed by atoms with van der Waals surface area (Å²) in [5.41, 5.74) is 7.05. The van der Waals surface area contributed by atoms with Gasteiger partial charge in [-0.2, -0.15) is 5.10 Å². The first-order valence-corrected chi connectivity index (χ1v) is 8.13. The monoisotopic (exact) mass is 352 g/mol. The number of hydrogen-bond acceptors (Lipinski definition) is 3. The predicted molar refractivity (Wildman–Crippen MR) is 99.6 cm³/mol. The normalized spacial score (nSPS) is 11.0. The quantitative estimate of drug-likeness (QED) is 0.439. The summed E-state index contributed by atoms with van der Waals surface area (Å²) in [4.78, 5) is 16.0. The number of benzene rings is 1. The van der Waals surface area contributed by atoms with Crippen LogP contribution < -0.4 is 5.43 Å². The molecule has 3 rings (SSSR count). The van der Waals surface area contributed by atoms with Gasteiger partial charge in [0.25, 0.3) is 5.91 Å². The second-order valence-electron chi connectivity index (χ2n) is 5.63. The highest BCUT2D eigenvalue weighted by atomic mass is 35.5. The lowest BCUT2D eigenvalue weighted by Crippen LogP contribution is -2.18. The van der Waals surface area contributed by atoms with Crippen LogP contribution in [0.3, 0.4) is 0 Å². The standard InChI is InChI=1S/C19H17ClN4O/c1-13-7-8-17(14(2)11-13)24-10-4-5-15(24)12-22-23-19(25)16-6-3-9-21-18(16)20/h3-12H,1-2H3,(H,23,25). The molecule has 0 bridgehead atoms. The van der Waals surface area contributed by atoms with Crippen LogP contribution in [0, 0.1) is 13.8 Å². The van der Waals surface area contributed by atoms with Crippen LogP contribution in [0.25, 0.3) is 5.69 Å². The molecular weight excluding hydrogens is 336 g/mol. The zero-order valence-electron chi connectivity index (χ0n) is 13.9. The predicted octanol–water partition coefficient (Wildman–Crippen LogP) is 3.91. The SMILES string of the molecule is Cc1ccc(-n2cccc2C=NNC(=O)c2cccnc2Cl)c(C)c1. The van der Waals surface area contributed by atoms with E-state index in [4.69, 9.17) is 11.6 Å². The minimum Gasteiger partial charge on any atom is -0.315 e. The third-order valence-electron chi connectivity index (χ3n) is 3.76. The highest BCUT2D eigenvalue weighted by molar-refractivity contribution is 6.32. The van der Waals surface area contributed by atoms with Crippen LogP contribution in [0.4, 0.5) is 0 Å². The molecule has 0 aliphatic carbocycles. The first kappa shape index (κ1) is 16.9. The highest BCUT2D eigenvalue weighted by Crippen LogP contribution is 2.17. The number of carbonyl (C=O) groups excluding carboxylic acids is 1. The van der Waals surface area contributed by atoms with E-state index in [-0.39, 0.29) is 10.7 Å². The molecule has 0 aliphatic rings. The molecule has 1 amide bonds. The van der Waals surface area contributed by atoms with Gasteiger partial charge in [0, 0.05) is 18.1 Å². The Balaban J connectivity index is 1.78. The minimum absolute atomic E-state index is 0.147. The third kappa shape index (κ3) is 3.78. The molecule has 1 N–H and O–H groups in total. The zero-order chi connectivity index (χ0) is 17.8. The maximum atomic E-state index is 12.1. The molecule has 0 saturated heterocycles. The van der Waals surface area contributed by atoms with E-state index in [0.717, 1.165) is 16.9 Å². The molecule has 5 nitrogen and oxygen atoms in total. The van der Waals surface area contributed by atoms with Crippen molar-refractivity contribution in [2.75, 3.05) is 0 Å². The molecule has 1 aromatic carbocycles. The molecule has 0 saturated carbocycles. The largest absolute Gasteiger partial charge is 0.315 e. The van der Waals surface area contributed by atoms with E-state index in [1.165, 1.54) is 11.8 Å². The fourth-order valence-electron chi connectivity index (χ4n) is 2.57. The van der Waals surface area contributed by atoms with Gasteiger partial charge in [0.1, 0.15) is 5.15 Å². The molecule has 0 radical (unpaired) electrons. The Labute approximate surface area is 151 Å². The van der Waals surface area contributed by atoms with Gasteiger partial charge in [0.15, 0.2) is 0 Å². The van der Waals surface area contributed by atoms with Crippen molar-refractivity contribution in [2.45, 2.75) is 13.8 Å². The van der Waals surface area contributed by atoms with Crippen molar-refractivity contribution in [3.8, 4) is 5.69 Å². The Hall–Kier alpha value is -2.92. The molecule has 3 aromatic rings. The first-order valence-electron chi connectivity index (χ1n) is 7.75. The van der Waals surface area contributed by atoms with Crippen molar-refractivity contribution in [1.82, 2.24) is 15.0 Å². The Morgan fingerprint density at radius 2 is 2.08 bits per heavy atom. The van der Waals surface area contributed by atoms with Gasteiger partial charge in [-0.25, -0.2) is 10.4 Å². The molecule has 126 valence electrons. The van der Waals surface area contributed by atoms with Gasteiger partial charge in [-0.1, -0.05) is 29.3 Å². The van der Waals surface area contributed by atoms with Gasteiger partial charge in [0.2, 0.25) is 0 Å². The number of nitrogens with one attached hydrogen (secondary N) is 1. The fraction of sp³-hybridized carbons (Fsp3) is 0.105. The average Bonchev–Trinajstić information content (AvgIpc) is 3.03. The molecule has 0 fully saturated rings. The number of pyridine rings is 1. The molecule has 0 atom stereocenters. The van der Waals surface area contributed by atoms with Crippen LogP contribution in [-0.4, -0.2) is 21.7 Å². The van der Waals surface area contributed by atoms with Crippen molar-refractivity contribution >= 4 is 23.7 Å². The Morgan fingerprint density at radius 1 is 1.24 bits per heavy atom. The Kier molecular flexibility index (Phi) is 4.95. The fourth-order valence-corrected chi connectivity index (χ4v) is 2.77. The summed E-state index contributed by atoms with van der Waals surface area (Å²) in [5.74, 6) is -0.404. The van der Waals surface area contributed by atoms with Crippen molar-refractivity contribution < 1.29 is 4.79 Å². The lowest BCUT2D eigenvalue weighted by Gasteiger charge is -2.10. The number of amides is 1. The third-order valence-corrected chi connectivity index (χ3v) is 4.06. The molecule has 6 heteroatoms. The van der Waals surface area contributed by atoms with Crippen molar-refractivity contribution in [3.63, 3.8) is 0 Å². The number of halogens is 1. The molecular formula is C19H17ClN4O. The Morgan fingerprint density at radius 3 is 2.84 bits per heavy atom. The van der Waals surface area contributed by atoms with E-state index in [0.29, 0.717) is 0 Å². The minimum atomic E-state index is -0.404. The summed E-state index contributed by atoms with van der Waals surface area (Å²) in [6, 6.07) is 13.4. The van der Waals surface area contributed by atoms with Gasteiger partial charge >= 0.3 is 0 Å². The summed E-state index contributed by atoms with van der Waals surface area (Å²) < 4.78 is 2.02. The van der Waals surface area contributed by atoms with Crippen molar-refractivity contribution in [2.24, 2.45) is 5.10 Å². The van der Waals surface area contributed by atoms with Gasteiger partial charge in [-0.3, -0.25) is 4.79 Å². The average molecular weight is 353 g/mol. The molecule has 0 aliphatic heterocycles. The van der Waals surface area contributed by atoms with Crippen LogP contribution in [0.1, 0.15) is 27.2 Å². The zero-order valence-corrected chi connectivity index (χ0v) is 14.7. The van der Waals surface area contributed by atoms with E-state index < -0.39 is 5.91 Å². The van der Waals surface area contributed by atoms with Crippen LogP contribution in [0.15, 0.2) is 60.0 Å². The lowest BCUT2D eigenvalue weighted by atomic mass is 10.1. The molecule has 25 heavy (non-hydrogen) atoms. The maximum Gasteiger partial charge on any atom is 0.274 e. The second kappa shape index (κ2) is 7.32. The van der Waals surface area contributed by atoms with E-state index in [1.54, 1.807) is 18.3 Å². The second-order valence-corrected chi connectivity index (χ2v) is 5.99. The number of aryl methyl sites for hydroxylation is 2. The number of carbonyl (C=O) groups is 1. The number of hydrazone groups is 1. The van der Waals surface area contributed by atoms with Crippen molar-refractivity contribution in [3.05, 3.63) is 82.4 Å². The van der Waals surface area contributed by atoms with E-state index in [1.807, 2.05) is 22.9 Å². The van der Waals surface area contributed by atoms with Gasteiger partial charge in [0.05, 0.1) is 17.5 Å². The Bertz CT molecular complexity index is 946. The van der Waals surface area contributed by atoms with E-state index in [9.17, 15) is 4.79 Å². The molecule has 2 aromatic heterocycles. The van der Waals surface area contributed by atoms with E-state index >= 15 is 0 Å². The van der Waals surface area contributed by atoms with Gasteiger partial charge in [-0.15, -0.1) is 0 Å². The summed E-state index contributed by atoms with van der Waals surface area (Å²) in [5, 5.41) is 4.18. The van der Waals surface area contributed by atoms with Crippen LogP contribution in [0.2, 0.25) is 5.15 Å². The van der Waals surface area contributed by atoms with Crippen molar-refractivity contribution in [1.29, 1.82) is 0 Å². The first-order chi connectivity index (χ1) is 12.1. The summed E-state index contributed by atoms with van der Waals surface area (Å²) in [6.07, 6.45) is 5.08. The highest BCUT2D eigenvalue weighted by Gasteiger charge is 2.09. The molecule has 2 heterocycles. The van der Waals surface area contributed by atoms with Gasteiger partial charge in [-0.05, 0) is 49.7 Å². The summed E-state index contributed by atoms with van der Waals surface area (Å²) >= 11 is 5.91. The van der Waals surface area contributed by atoms with Crippen LogP contribution in [-0.2, 0) is 0 Å².